The molecule has 6 nitrogen and oxygen atoms in total. The van der Waals surface area contributed by atoms with Crippen LogP contribution in [0.3, 0.4) is 0 Å². The zero-order valence-corrected chi connectivity index (χ0v) is 10.3. The Morgan fingerprint density at radius 2 is 2.17 bits per heavy atom. The van der Waals surface area contributed by atoms with Gasteiger partial charge in [-0.15, -0.1) is 0 Å². The van der Waals surface area contributed by atoms with E-state index >= 15 is 0 Å². The van der Waals surface area contributed by atoms with Crippen molar-refractivity contribution in [2.45, 2.75) is 39.2 Å². The van der Waals surface area contributed by atoms with E-state index < -0.39 is 0 Å². The highest BCUT2D eigenvalue weighted by atomic mass is 16.5. The summed E-state index contributed by atoms with van der Waals surface area (Å²) < 4.78 is 5.06. The quantitative estimate of drug-likeness (QED) is 0.886. The second-order valence-electron chi connectivity index (χ2n) is 4.44. The van der Waals surface area contributed by atoms with Crippen LogP contribution < -0.4 is 5.32 Å². The van der Waals surface area contributed by atoms with Gasteiger partial charge in [-0.05, 0) is 32.6 Å². The van der Waals surface area contributed by atoms with Gasteiger partial charge < -0.3 is 9.84 Å². The van der Waals surface area contributed by atoms with E-state index in [1.54, 1.807) is 13.3 Å². The molecule has 2 aromatic heterocycles. The summed E-state index contributed by atoms with van der Waals surface area (Å²) in [6, 6.07) is 0. The SMILES string of the molecule is Cc1noc(CNc2ncnc3c2CCCC3)n1. The zero-order valence-electron chi connectivity index (χ0n) is 10.3. The maximum atomic E-state index is 5.06. The fraction of sp³-hybridized carbons (Fsp3) is 0.500. The second kappa shape index (κ2) is 4.72. The van der Waals surface area contributed by atoms with Gasteiger partial charge in [-0.3, -0.25) is 0 Å². The average Bonchev–Trinajstić information content (AvgIpc) is 2.82. The van der Waals surface area contributed by atoms with E-state index in [1.807, 2.05) is 0 Å². The van der Waals surface area contributed by atoms with Gasteiger partial charge in [0.1, 0.15) is 12.1 Å². The maximum absolute atomic E-state index is 5.06. The first kappa shape index (κ1) is 11.1. The van der Waals surface area contributed by atoms with E-state index in [0.717, 1.165) is 18.7 Å². The van der Waals surface area contributed by atoms with E-state index in [1.165, 1.54) is 24.1 Å². The maximum Gasteiger partial charge on any atom is 0.245 e. The highest BCUT2D eigenvalue weighted by Gasteiger charge is 2.15. The molecule has 1 N–H and O–H groups in total. The lowest BCUT2D eigenvalue weighted by molar-refractivity contribution is 0.379. The lowest BCUT2D eigenvalue weighted by atomic mass is 9.96. The number of nitrogens with one attached hydrogen (secondary N) is 1. The molecule has 18 heavy (non-hydrogen) atoms. The molecule has 1 aliphatic rings. The first-order valence-electron chi connectivity index (χ1n) is 6.19. The van der Waals surface area contributed by atoms with Crippen LogP contribution in [0.1, 0.15) is 35.8 Å². The molecule has 0 aliphatic heterocycles. The molecule has 0 spiro atoms. The molecule has 1 aliphatic carbocycles. The number of nitrogens with zero attached hydrogens (tertiary/aromatic N) is 4. The molecule has 94 valence electrons. The van der Waals surface area contributed by atoms with Crippen LogP contribution in [0.15, 0.2) is 10.9 Å². The Bertz CT molecular complexity index is 551. The van der Waals surface area contributed by atoms with Crippen molar-refractivity contribution < 1.29 is 4.52 Å². The first-order chi connectivity index (χ1) is 8.83. The molecule has 0 bridgehead atoms. The fourth-order valence-corrected chi connectivity index (χ4v) is 2.24. The molecule has 3 rings (SSSR count). The van der Waals surface area contributed by atoms with Crippen LogP contribution in [0.25, 0.3) is 0 Å². The predicted octanol–water partition coefficient (Wildman–Crippen LogP) is 1.66. The molecular formula is C12H15N5O. The van der Waals surface area contributed by atoms with E-state index in [9.17, 15) is 0 Å². The van der Waals surface area contributed by atoms with Crippen molar-refractivity contribution >= 4 is 5.82 Å². The third-order valence-electron chi connectivity index (χ3n) is 3.10. The van der Waals surface area contributed by atoms with Crippen LogP contribution in [0, 0.1) is 6.92 Å². The number of aromatic nitrogens is 4. The summed E-state index contributed by atoms with van der Waals surface area (Å²) in [5.74, 6) is 2.13. The van der Waals surface area contributed by atoms with Gasteiger partial charge in [0.2, 0.25) is 5.89 Å². The number of hydrogen-bond donors (Lipinski definition) is 1. The average molecular weight is 245 g/mol. The van der Waals surface area contributed by atoms with Crippen molar-refractivity contribution in [2.24, 2.45) is 0 Å². The van der Waals surface area contributed by atoms with Gasteiger partial charge in [0, 0.05) is 11.3 Å². The van der Waals surface area contributed by atoms with Gasteiger partial charge >= 0.3 is 0 Å². The van der Waals surface area contributed by atoms with E-state index in [0.29, 0.717) is 18.3 Å². The summed E-state index contributed by atoms with van der Waals surface area (Å²) in [7, 11) is 0. The molecule has 0 unspecified atom stereocenters. The second-order valence-corrected chi connectivity index (χ2v) is 4.44. The molecule has 0 radical (unpaired) electrons. The van der Waals surface area contributed by atoms with Crippen LogP contribution >= 0.6 is 0 Å². The van der Waals surface area contributed by atoms with Crippen molar-refractivity contribution in [3.63, 3.8) is 0 Å². The van der Waals surface area contributed by atoms with Gasteiger partial charge in [0.25, 0.3) is 0 Å². The van der Waals surface area contributed by atoms with Crippen molar-refractivity contribution in [3.05, 3.63) is 29.3 Å². The molecule has 0 aromatic carbocycles. The molecule has 0 fully saturated rings. The lowest BCUT2D eigenvalue weighted by Crippen LogP contribution is -2.12. The number of hydrogen-bond acceptors (Lipinski definition) is 6. The Balaban J connectivity index is 1.76. The molecule has 0 atom stereocenters. The van der Waals surface area contributed by atoms with Crippen molar-refractivity contribution in [1.29, 1.82) is 0 Å². The highest BCUT2D eigenvalue weighted by Crippen LogP contribution is 2.24. The van der Waals surface area contributed by atoms with Gasteiger partial charge in [0.05, 0.1) is 6.54 Å². The van der Waals surface area contributed by atoms with E-state index in [2.05, 4.69) is 25.4 Å². The molecule has 0 saturated carbocycles. The van der Waals surface area contributed by atoms with Gasteiger partial charge in [-0.2, -0.15) is 4.98 Å². The van der Waals surface area contributed by atoms with Crippen LogP contribution in [0.5, 0.6) is 0 Å². The summed E-state index contributed by atoms with van der Waals surface area (Å²) in [5.41, 5.74) is 2.40. The Morgan fingerprint density at radius 3 is 3.00 bits per heavy atom. The van der Waals surface area contributed by atoms with Crippen molar-refractivity contribution in [3.8, 4) is 0 Å². The topological polar surface area (TPSA) is 76.7 Å². The number of rotatable bonds is 3. The summed E-state index contributed by atoms with van der Waals surface area (Å²) in [6.45, 7) is 2.31. The largest absolute Gasteiger partial charge is 0.361 e. The standard InChI is InChI=1S/C12H15N5O/c1-8-16-11(18-17-8)6-13-12-9-4-2-3-5-10(9)14-7-15-12/h7H,2-6H2,1H3,(H,13,14,15). The molecule has 2 aromatic rings. The Labute approximate surface area is 105 Å². The molecule has 2 heterocycles. The summed E-state index contributed by atoms with van der Waals surface area (Å²) in [4.78, 5) is 12.8. The van der Waals surface area contributed by atoms with Crippen LogP contribution in [0.2, 0.25) is 0 Å². The van der Waals surface area contributed by atoms with Gasteiger partial charge in [-0.1, -0.05) is 5.16 Å². The van der Waals surface area contributed by atoms with Gasteiger partial charge in [0.15, 0.2) is 5.82 Å². The normalized spacial score (nSPS) is 14.3. The molecule has 0 saturated heterocycles. The summed E-state index contributed by atoms with van der Waals surface area (Å²) >= 11 is 0. The van der Waals surface area contributed by atoms with E-state index in [-0.39, 0.29) is 0 Å². The third kappa shape index (κ3) is 2.18. The minimum absolute atomic E-state index is 0.504. The number of fused-ring (bicyclic) bond motifs is 1. The lowest BCUT2D eigenvalue weighted by Gasteiger charge is -2.17. The number of aryl methyl sites for hydroxylation is 2. The smallest absolute Gasteiger partial charge is 0.245 e. The number of anilines is 1. The van der Waals surface area contributed by atoms with E-state index in [4.69, 9.17) is 4.52 Å². The third-order valence-corrected chi connectivity index (χ3v) is 3.10. The minimum atomic E-state index is 0.504. The molecule has 6 heteroatoms. The molecule has 0 amide bonds. The minimum Gasteiger partial charge on any atom is -0.361 e. The zero-order chi connectivity index (χ0) is 12.4. The fourth-order valence-electron chi connectivity index (χ4n) is 2.24. The van der Waals surface area contributed by atoms with Crippen molar-refractivity contribution in [2.75, 3.05) is 5.32 Å². The Kier molecular flexibility index (Phi) is 2.92. The van der Waals surface area contributed by atoms with Gasteiger partial charge in [-0.25, -0.2) is 9.97 Å². The highest BCUT2D eigenvalue weighted by molar-refractivity contribution is 5.46. The Hall–Kier alpha value is -1.98. The first-order valence-corrected chi connectivity index (χ1v) is 6.19. The monoisotopic (exact) mass is 245 g/mol. The predicted molar refractivity (Wildman–Crippen MR) is 65.0 cm³/mol. The summed E-state index contributed by atoms with van der Waals surface area (Å²) in [5, 5.41) is 7.01. The summed E-state index contributed by atoms with van der Waals surface area (Å²) in [6.07, 6.45) is 6.13. The van der Waals surface area contributed by atoms with Crippen LogP contribution in [-0.4, -0.2) is 20.1 Å². The van der Waals surface area contributed by atoms with Crippen molar-refractivity contribution in [1.82, 2.24) is 20.1 Å². The Morgan fingerprint density at radius 1 is 1.28 bits per heavy atom. The van der Waals surface area contributed by atoms with Crippen LogP contribution in [0.4, 0.5) is 5.82 Å². The van der Waals surface area contributed by atoms with Crippen LogP contribution in [-0.2, 0) is 19.4 Å². The molecular weight excluding hydrogens is 230 g/mol.